The number of amides is 1. The van der Waals surface area contributed by atoms with E-state index in [-0.39, 0.29) is 29.9 Å². The number of benzene rings is 1. The molecule has 1 aromatic carbocycles. The van der Waals surface area contributed by atoms with E-state index in [0.29, 0.717) is 41.6 Å². The topological polar surface area (TPSA) is 63.7 Å². The lowest BCUT2D eigenvalue weighted by Crippen LogP contribution is -2.43. The Labute approximate surface area is 152 Å². The molecule has 1 fully saturated rings. The summed E-state index contributed by atoms with van der Waals surface area (Å²) in [6, 6.07) is 4.80. The summed E-state index contributed by atoms with van der Waals surface area (Å²) in [6.07, 6.45) is 1.17. The van der Waals surface area contributed by atoms with Crippen LogP contribution in [0, 0.1) is 0 Å². The minimum atomic E-state index is -3.07. The Kier molecular flexibility index (Phi) is 6.92. The molecule has 2 rings (SSSR count). The van der Waals surface area contributed by atoms with E-state index in [1.165, 1.54) is 0 Å². The molecular weight excluding hydrogens is 373 g/mol. The van der Waals surface area contributed by atoms with Crippen molar-refractivity contribution in [2.24, 2.45) is 0 Å². The molecule has 1 amide bonds. The Morgan fingerprint density at radius 1 is 1.33 bits per heavy atom. The third kappa shape index (κ3) is 5.09. The van der Waals surface area contributed by atoms with Gasteiger partial charge in [-0.1, -0.05) is 29.3 Å². The molecule has 8 heteroatoms. The summed E-state index contributed by atoms with van der Waals surface area (Å²) in [5, 5.41) is 0.874. The summed E-state index contributed by atoms with van der Waals surface area (Å²) >= 11 is 12.3. The normalized spacial score (nSPS) is 19.4. The molecule has 0 bridgehead atoms. The number of carbonyl (C=O) groups excluding carboxylic acids is 1. The van der Waals surface area contributed by atoms with Gasteiger partial charge in [0.1, 0.15) is 0 Å². The number of hydrogen-bond donors (Lipinski definition) is 0. The van der Waals surface area contributed by atoms with Gasteiger partial charge in [0.25, 0.3) is 0 Å². The zero-order valence-corrected chi connectivity index (χ0v) is 15.8. The van der Waals surface area contributed by atoms with E-state index in [1.54, 1.807) is 30.2 Å². The van der Waals surface area contributed by atoms with Crippen LogP contribution in [0.3, 0.4) is 0 Å². The first-order valence-corrected chi connectivity index (χ1v) is 10.3. The lowest BCUT2D eigenvalue weighted by molar-refractivity contribution is -0.132. The Hall–Kier alpha value is -0.820. The molecule has 0 spiro atoms. The molecule has 1 heterocycles. The highest BCUT2D eigenvalue weighted by Crippen LogP contribution is 2.26. The van der Waals surface area contributed by atoms with Gasteiger partial charge in [0.2, 0.25) is 5.91 Å². The molecule has 1 atom stereocenters. The maximum atomic E-state index is 12.8. The summed E-state index contributed by atoms with van der Waals surface area (Å²) in [5.74, 6) is -0.0243. The average molecular weight is 394 g/mol. The number of sulfone groups is 1. The van der Waals surface area contributed by atoms with Crippen molar-refractivity contribution in [1.82, 2.24) is 4.90 Å². The van der Waals surface area contributed by atoms with E-state index >= 15 is 0 Å². The molecule has 134 valence electrons. The molecule has 24 heavy (non-hydrogen) atoms. The standard InChI is InChI=1S/C16H21Cl2NO4S/c1-23-8-3-7-19(12-6-9-24(21,22)11-12)16(20)10-13-14(17)4-2-5-15(13)18/h2,4-5,12H,3,6-11H2,1H3. The van der Waals surface area contributed by atoms with Gasteiger partial charge in [-0.15, -0.1) is 0 Å². The van der Waals surface area contributed by atoms with Gasteiger partial charge >= 0.3 is 0 Å². The fourth-order valence-electron chi connectivity index (χ4n) is 2.87. The van der Waals surface area contributed by atoms with Crippen molar-refractivity contribution < 1.29 is 17.9 Å². The first kappa shape index (κ1) is 19.5. The molecule has 0 saturated carbocycles. The molecule has 1 unspecified atom stereocenters. The Balaban J connectivity index is 2.15. The summed E-state index contributed by atoms with van der Waals surface area (Å²) < 4.78 is 28.6. The van der Waals surface area contributed by atoms with Crippen LogP contribution in [-0.4, -0.2) is 57.0 Å². The first-order chi connectivity index (χ1) is 11.3. The summed E-state index contributed by atoms with van der Waals surface area (Å²) in [6.45, 7) is 0.963. The fraction of sp³-hybridized carbons (Fsp3) is 0.562. The van der Waals surface area contributed by atoms with Crippen LogP contribution in [0.15, 0.2) is 18.2 Å². The molecule has 1 saturated heterocycles. The van der Waals surface area contributed by atoms with Gasteiger partial charge in [-0.3, -0.25) is 4.79 Å². The second kappa shape index (κ2) is 8.52. The van der Waals surface area contributed by atoms with Crippen LogP contribution in [0.5, 0.6) is 0 Å². The largest absolute Gasteiger partial charge is 0.385 e. The van der Waals surface area contributed by atoms with Crippen LogP contribution in [0.4, 0.5) is 0 Å². The lowest BCUT2D eigenvalue weighted by atomic mass is 10.1. The second-order valence-electron chi connectivity index (χ2n) is 5.87. The maximum Gasteiger partial charge on any atom is 0.227 e. The molecule has 1 aliphatic heterocycles. The van der Waals surface area contributed by atoms with Crippen molar-refractivity contribution >= 4 is 38.9 Å². The van der Waals surface area contributed by atoms with E-state index in [2.05, 4.69) is 0 Å². The van der Waals surface area contributed by atoms with E-state index < -0.39 is 9.84 Å². The summed E-state index contributed by atoms with van der Waals surface area (Å²) in [7, 11) is -1.48. The number of hydrogen-bond acceptors (Lipinski definition) is 4. The number of methoxy groups -OCH3 is 1. The molecule has 1 aromatic rings. The molecular formula is C16H21Cl2NO4S. The van der Waals surface area contributed by atoms with Crippen molar-refractivity contribution in [3.63, 3.8) is 0 Å². The van der Waals surface area contributed by atoms with Gasteiger partial charge in [-0.25, -0.2) is 8.42 Å². The Morgan fingerprint density at radius 2 is 2.00 bits per heavy atom. The highest BCUT2D eigenvalue weighted by Gasteiger charge is 2.34. The number of rotatable bonds is 7. The molecule has 1 aliphatic rings. The molecule has 0 N–H and O–H groups in total. The van der Waals surface area contributed by atoms with Crippen LogP contribution in [0.1, 0.15) is 18.4 Å². The highest BCUT2D eigenvalue weighted by molar-refractivity contribution is 7.91. The first-order valence-electron chi connectivity index (χ1n) is 7.76. The van der Waals surface area contributed by atoms with Crippen LogP contribution in [0.2, 0.25) is 10.0 Å². The minimum Gasteiger partial charge on any atom is -0.385 e. The van der Waals surface area contributed by atoms with Gasteiger partial charge in [0.15, 0.2) is 9.84 Å². The van der Waals surface area contributed by atoms with Gasteiger partial charge in [0, 0.05) is 36.3 Å². The van der Waals surface area contributed by atoms with Gasteiger partial charge in [0.05, 0.1) is 17.9 Å². The van der Waals surface area contributed by atoms with Crippen LogP contribution in [0.25, 0.3) is 0 Å². The third-order valence-corrected chi connectivity index (χ3v) is 6.57. The van der Waals surface area contributed by atoms with Crippen LogP contribution in [-0.2, 0) is 25.8 Å². The number of nitrogens with zero attached hydrogens (tertiary/aromatic N) is 1. The van der Waals surface area contributed by atoms with E-state index in [9.17, 15) is 13.2 Å². The quantitative estimate of drug-likeness (QED) is 0.667. The van der Waals surface area contributed by atoms with Crippen LogP contribution < -0.4 is 0 Å². The SMILES string of the molecule is COCCCN(C(=O)Cc1c(Cl)cccc1Cl)C1CCS(=O)(=O)C1. The predicted octanol–water partition coefficient (Wildman–Crippen LogP) is 2.59. The fourth-order valence-corrected chi connectivity index (χ4v) is 5.13. The van der Waals surface area contributed by atoms with Crippen molar-refractivity contribution in [3.8, 4) is 0 Å². The zero-order valence-electron chi connectivity index (χ0n) is 13.5. The number of halogens is 2. The number of carbonyl (C=O) groups is 1. The monoisotopic (exact) mass is 393 g/mol. The summed E-state index contributed by atoms with van der Waals surface area (Å²) in [5.41, 5.74) is 0.573. The molecule has 0 aliphatic carbocycles. The van der Waals surface area contributed by atoms with Gasteiger partial charge < -0.3 is 9.64 Å². The number of ether oxygens (including phenoxy) is 1. The summed E-state index contributed by atoms with van der Waals surface area (Å²) in [4.78, 5) is 14.4. The molecule has 5 nitrogen and oxygen atoms in total. The minimum absolute atomic E-state index is 0.0158. The molecule has 0 aromatic heterocycles. The van der Waals surface area contributed by atoms with Crippen molar-refractivity contribution in [2.45, 2.75) is 25.3 Å². The van der Waals surface area contributed by atoms with Gasteiger partial charge in [-0.2, -0.15) is 0 Å². The van der Waals surface area contributed by atoms with Crippen LogP contribution >= 0.6 is 23.2 Å². The van der Waals surface area contributed by atoms with Crippen molar-refractivity contribution in [2.75, 3.05) is 31.8 Å². The second-order valence-corrected chi connectivity index (χ2v) is 8.91. The van der Waals surface area contributed by atoms with E-state index in [4.69, 9.17) is 27.9 Å². The van der Waals surface area contributed by atoms with Crippen molar-refractivity contribution in [1.29, 1.82) is 0 Å². The lowest BCUT2D eigenvalue weighted by Gasteiger charge is -2.28. The van der Waals surface area contributed by atoms with E-state index in [0.717, 1.165) is 0 Å². The molecule has 0 radical (unpaired) electrons. The average Bonchev–Trinajstić information content (AvgIpc) is 2.87. The Morgan fingerprint density at radius 3 is 2.54 bits per heavy atom. The van der Waals surface area contributed by atoms with Gasteiger partial charge in [-0.05, 0) is 30.5 Å². The highest BCUT2D eigenvalue weighted by atomic mass is 35.5. The maximum absolute atomic E-state index is 12.8. The smallest absolute Gasteiger partial charge is 0.227 e. The predicted molar refractivity (Wildman–Crippen MR) is 95.4 cm³/mol. The zero-order chi connectivity index (χ0) is 17.7. The van der Waals surface area contributed by atoms with Crippen molar-refractivity contribution in [3.05, 3.63) is 33.8 Å². The Bertz CT molecular complexity index is 673. The van der Waals surface area contributed by atoms with E-state index in [1.807, 2.05) is 0 Å². The third-order valence-electron chi connectivity index (χ3n) is 4.11.